The standard InChI is InChI=1S/C16H17FN2O4/c1-18-13-7-14-10(6-12(13)17)15(21)11(16(22)23-5-4-20)8-19(14)9-2-3-9/h6-9,18,20H,2-5H2,1H3. The van der Waals surface area contributed by atoms with Crippen molar-refractivity contribution < 1.29 is 19.0 Å². The van der Waals surface area contributed by atoms with Crippen LogP contribution < -0.4 is 10.7 Å². The molecular formula is C16H17FN2O4. The number of aliphatic hydroxyl groups is 1. The van der Waals surface area contributed by atoms with Gasteiger partial charge in [0.15, 0.2) is 0 Å². The van der Waals surface area contributed by atoms with E-state index in [-0.39, 0.29) is 30.2 Å². The Labute approximate surface area is 131 Å². The third-order valence-electron chi connectivity index (χ3n) is 3.87. The first-order valence-electron chi connectivity index (χ1n) is 7.41. The monoisotopic (exact) mass is 320 g/mol. The number of aliphatic hydroxyl groups excluding tert-OH is 1. The Morgan fingerprint density at radius 2 is 2.22 bits per heavy atom. The van der Waals surface area contributed by atoms with Gasteiger partial charge in [0.2, 0.25) is 5.43 Å². The van der Waals surface area contributed by atoms with E-state index in [1.807, 2.05) is 4.57 Å². The van der Waals surface area contributed by atoms with Gasteiger partial charge in [0, 0.05) is 24.7 Å². The molecular weight excluding hydrogens is 303 g/mol. The van der Waals surface area contributed by atoms with E-state index in [1.54, 1.807) is 13.1 Å². The minimum Gasteiger partial charge on any atom is -0.460 e. The van der Waals surface area contributed by atoms with Gasteiger partial charge in [0.1, 0.15) is 18.0 Å². The second-order valence-electron chi connectivity index (χ2n) is 5.47. The van der Waals surface area contributed by atoms with Gasteiger partial charge in [-0.05, 0) is 25.0 Å². The number of aromatic nitrogens is 1. The van der Waals surface area contributed by atoms with E-state index < -0.39 is 17.2 Å². The Morgan fingerprint density at radius 1 is 1.48 bits per heavy atom. The molecule has 0 spiro atoms. The van der Waals surface area contributed by atoms with Crippen molar-refractivity contribution in [3.63, 3.8) is 0 Å². The number of nitrogens with one attached hydrogen (secondary N) is 1. The number of hydrogen-bond acceptors (Lipinski definition) is 5. The van der Waals surface area contributed by atoms with Crippen molar-refractivity contribution in [2.24, 2.45) is 0 Å². The van der Waals surface area contributed by atoms with Crippen molar-refractivity contribution >= 4 is 22.6 Å². The van der Waals surface area contributed by atoms with Gasteiger partial charge in [-0.15, -0.1) is 0 Å². The maximum absolute atomic E-state index is 14.0. The van der Waals surface area contributed by atoms with Crippen molar-refractivity contribution in [2.75, 3.05) is 25.6 Å². The van der Waals surface area contributed by atoms with Crippen molar-refractivity contribution in [1.82, 2.24) is 4.57 Å². The van der Waals surface area contributed by atoms with Crippen LogP contribution >= 0.6 is 0 Å². The average Bonchev–Trinajstić information content (AvgIpc) is 3.37. The van der Waals surface area contributed by atoms with Gasteiger partial charge in [0.05, 0.1) is 17.8 Å². The molecule has 122 valence electrons. The first-order valence-corrected chi connectivity index (χ1v) is 7.41. The topological polar surface area (TPSA) is 80.6 Å². The molecule has 1 aromatic carbocycles. The Morgan fingerprint density at radius 3 is 2.83 bits per heavy atom. The van der Waals surface area contributed by atoms with E-state index in [0.29, 0.717) is 11.2 Å². The molecule has 1 saturated carbocycles. The molecule has 0 radical (unpaired) electrons. The first kappa shape index (κ1) is 15.5. The Balaban J connectivity index is 2.22. The second kappa shape index (κ2) is 6.00. The molecule has 1 aliphatic rings. The molecule has 0 unspecified atom stereocenters. The third-order valence-corrected chi connectivity index (χ3v) is 3.87. The summed E-state index contributed by atoms with van der Waals surface area (Å²) in [6.07, 6.45) is 3.35. The number of anilines is 1. The van der Waals surface area contributed by atoms with Crippen LogP contribution in [0.1, 0.15) is 29.2 Å². The van der Waals surface area contributed by atoms with Crippen LogP contribution in [0.15, 0.2) is 23.1 Å². The summed E-state index contributed by atoms with van der Waals surface area (Å²) in [6, 6.07) is 2.91. The Hall–Kier alpha value is -2.41. The van der Waals surface area contributed by atoms with Gasteiger partial charge in [-0.3, -0.25) is 4.79 Å². The van der Waals surface area contributed by atoms with Gasteiger partial charge >= 0.3 is 5.97 Å². The molecule has 2 N–H and O–H groups in total. The number of pyridine rings is 1. The Kier molecular flexibility index (Phi) is 4.04. The molecule has 0 aliphatic heterocycles. The molecule has 0 amide bonds. The number of halogens is 1. The summed E-state index contributed by atoms with van der Waals surface area (Å²) in [5, 5.41) is 11.6. The van der Waals surface area contributed by atoms with E-state index in [4.69, 9.17) is 9.84 Å². The first-order chi connectivity index (χ1) is 11.1. The van der Waals surface area contributed by atoms with Crippen LogP contribution in [-0.2, 0) is 4.74 Å². The quantitative estimate of drug-likeness (QED) is 0.819. The number of carbonyl (C=O) groups is 1. The van der Waals surface area contributed by atoms with Gasteiger partial charge in [-0.1, -0.05) is 0 Å². The molecule has 2 aromatic rings. The molecule has 6 nitrogen and oxygen atoms in total. The van der Waals surface area contributed by atoms with Gasteiger partial charge in [-0.25, -0.2) is 9.18 Å². The maximum Gasteiger partial charge on any atom is 0.343 e. The lowest BCUT2D eigenvalue weighted by molar-refractivity contribution is 0.0431. The number of rotatable bonds is 5. The Bertz CT molecular complexity index is 827. The van der Waals surface area contributed by atoms with E-state index in [1.165, 1.54) is 6.20 Å². The van der Waals surface area contributed by atoms with E-state index in [9.17, 15) is 14.0 Å². The largest absolute Gasteiger partial charge is 0.460 e. The van der Waals surface area contributed by atoms with Crippen LogP contribution in [0, 0.1) is 5.82 Å². The van der Waals surface area contributed by atoms with E-state index in [0.717, 1.165) is 18.9 Å². The van der Waals surface area contributed by atoms with Crippen molar-refractivity contribution in [3.8, 4) is 0 Å². The summed E-state index contributed by atoms with van der Waals surface area (Å²) in [5.41, 5.74) is 0.166. The van der Waals surface area contributed by atoms with Crippen LogP contribution in [0.5, 0.6) is 0 Å². The number of carbonyl (C=O) groups excluding carboxylic acids is 1. The van der Waals surface area contributed by atoms with Crippen molar-refractivity contribution in [1.29, 1.82) is 0 Å². The van der Waals surface area contributed by atoms with Gasteiger partial charge in [-0.2, -0.15) is 0 Å². The number of esters is 1. The molecule has 1 heterocycles. The summed E-state index contributed by atoms with van der Waals surface area (Å²) < 4.78 is 20.7. The lowest BCUT2D eigenvalue weighted by atomic mass is 10.1. The molecule has 1 aliphatic carbocycles. The lowest BCUT2D eigenvalue weighted by Gasteiger charge is -2.14. The highest BCUT2D eigenvalue weighted by Gasteiger charge is 2.27. The van der Waals surface area contributed by atoms with E-state index in [2.05, 4.69) is 5.32 Å². The number of nitrogens with zero attached hydrogens (tertiary/aromatic N) is 1. The minimum absolute atomic E-state index is 0.144. The predicted molar refractivity (Wildman–Crippen MR) is 83.4 cm³/mol. The molecule has 7 heteroatoms. The summed E-state index contributed by atoms with van der Waals surface area (Å²) in [4.78, 5) is 24.5. The molecule has 0 saturated heterocycles. The van der Waals surface area contributed by atoms with Crippen LogP contribution in [0.4, 0.5) is 10.1 Å². The molecule has 3 rings (SSSR count). The fourth-order valence-electron chi connectivity index (χ4n) is 2.58. The SMILES string of the molecule is CNc1cc2c(cc1F)c(=O)c(C(=O)OCCO)cn2C1CC1. The van der Waals surface area contributed by atoms with Gasteiger partial charge < -0.3 is 19.7 Å². The number of benzene rings is 1. The third kappa shape index (κ3) is 2.79. The highest BCUT2D eigenvalue weighted by Crippen LogP contribution is 2.37. The zero-order chi connectivity index (χ0) is 16.6. The van der Waals surface area contributed by atoms with Crippen LogP contribution in [0.3, 0.4) is 0 Å². The van der Waals surface area contributed by atoms with Crippen LogP contribution in [0.2, 0.25) is 0 Å². The summed E-state index contributed by atoms with van der Waals surface area (Å²) >= 11 is 0. The van der Waals surface area contributed by atoms with Crippen LogP contribution in [-0.4, -0.2) is 35.9 Å². The van der Waals surface area contributed by atoms with Crippen molar-refractivity contribution in [3.05, 3.63) is 39.9 Å². The molecule has 0 bridgehead atoms. The van der Waals surface area contributed by atoms with E-state index >= 15 is 0 Å². The van der Waals surface area contributed by atoms with Crippen molar-refractivity contribution in [2.45, 2.75) is 18.9 Å². The number of fused-ring (bicyclic) bond motifs is 1. The molecule has 1 fully saturated rings. The highest BCUT2D eigenvalue weighted by molar-refractivity contribution is 5.94. The summed E-state index contributed by atoms with van der Waals surface area (Å²) in [7, 11) is 1.60. The number of hydrogen-bond donors (Lipinski definition) is 2. The average molecular weight is 320 g/mol. The summed E-state index contributed by atoms with van der Waals surface area (Å²) in [5.74, 6) is -1.36. The zero-order valence-electron chi connectivity index (χ0n) is 12.6. The summed E-state index contributed by atoms with van der Waals surface area (Å²) in [6.45, 7) is -0.511. The molecule has 1 aromatic heterocycles. The van der Waals surface area contributed by atoms with Crippen LogP contribution in [0.25, 0.3) is 10.9 Å². The van der Waals surface area contributed by atoms with Gasteiger partial charge in [0.25, 0.3) is 0 Å². The molecule has 23 heavy (non-hydrogen) atoms. The molecule has 0 atom stereocenters. The lowest BCUT2D eigenvalue weighted by Crippen LogP contribution is -2.22. The predicted octanol–water partition coefficient (Wildman–Crippen LogP) is 1.67. The highest BCUT2D eigenvalue weighted by atomic mass is 19.1. The second-order valence-corrected chi connectivity index (χ2v) is 5.47. The zero-order valence-corrected chi connectivity index (χ0v) is 12.6. The number of ether oxygens (including phenoxy) is 1. The fraction of sp³-hybridized carbons (Fsp3) is 0.375. The minimum atomic E-state index is -0.807. The smallest absolute Gasteiger partial charge is 0.343 e. The normalized spacial score (nSPS) is 14.0. The maximum atomic E-state index is 14.0. The fourth-order valence-corrected chi connectivity index (χ4v) is 2.58.